The van der Waals surface area contributed by atoms with Crippen molar-refractivity contribution in [1.82, 2.24) is 15.3 Å². The van der Waals surface area contributed by atoms with E-state index in [9.17, 15) is 24.3 Å². The summed E-state index contributed by atoms with van der Waals surface area (Å²) in [4.78, 5) is 59.3. The average molecular weight is 705 g/mol. The molecule has 52 heavy (non-hydrogen) atoms. The maximum absolute atomic E-state index is 13.0. The zero-order valence-corrected chi connectivity index (χ0v) is 29.0. The number of carboxylic acid groups (broad SMARTS) is 1. The second kappa shape index (κ2) is 18.1. The van der Waals surface area contributed by atoms with Gasteiger partial charge in [-0.05, 0) is 84.8 Å². The summed E-state index contributed by atoms with van der Waals surface area (Å²) in [5, 5.41) is 15.2. The maximum atomic E-state index is 13.0. The molecule has 268 valence electrons. The van der Waals surface area contributed by atoms with Crippen LogP contribution >= 0.6 is 0 Å². The fourth-order valence-corrected chi connectivity index (χ4v) is 5.31. The Kier molecular flexibility index (Phi) is 12.9. The predicted octanol–water partition coefficient (Wildman–Crippen LogP) is 6.88. The number of ether oxygens (including phenoxy) is 3. The van der Waals surface area contributed by atoms with Crippen molar-refractivity contribution in [2.24, 2.45) is 0 Å². The van der Waals surface area contributed by atoms with Crippen LogP contribution in [0.1, 0.15) is 75.8 Å². The monoisotopic (exact) mass is 704 g/mol. The van der Waals surface area contributed by atoms with E-state index in [2.05, 4.69) is 27.5 Å². The van der Waals surface area contributed by atoms with Gasteiger partial charge in [0.1, 0.15) is 17.5 Å². The number of hydrogen-bond donors (Lipinski definition) is 3. The lowest BCUT2D eigenvalue weighted by Crippen LogP contribution is -2.42. The lowest BCUT2D eigenvalue weighted by atomic mass is 10.0. The number of carboxylic acids is 1. The first-order chi connectivity index (χ1) is 25.2. The maximum Gasteiger partial charge on any atom is 0.343 e. The Labute approximate surface area is 301 Å². The summed E-state index contributed by atoms with van der Waals surface area (Å²) in [6, 6.07) is 23.3. The molecular formula is C40H40N4O8. The van der Waals surface area contributed by atoms with Crippen molar-refractivity contribution < 1.29 is 38.5 Å². The zero-order chi connectivity index (χ0) is 36.9. The highest BCUT2D eigenvalue weighted by Crippen LogP contribution is 2.30. The number of amides is 2. The van der Waals surface area contributed by atoms with Crippen molar-refractivity contribution in [2.75, 3.05) is 19.0 Å². The van der Waals surface area contributed by atoms with Crippen molar-refractivity contribution in [3.05, 3.63) is 120 Å². The molecule has 12 heteroatoms. The molecule has 0 aliphatic heterocycles. The molecule has 1 atom stereocenters. The fourth-order valence-electron chi connectivity index (χ4n) is 5.31. The van der Waals surface area contributed by atoms with E-state index in [1.54, 1.807) is 54.6 Å². The number of fused-ring (bicyclic) bond motifs is 1. The first kappa shape index (κ1) is 37.0. The van der Waals surface area contributed by atoms with Gasteiger partial charge in [0.15, 0.2) is 11.5 Å². The lowest BCUT2D eigenvalue weighted by Gasteiger charge is -2.16. The van der Waals surface area contributed by atoms with E-state index >= 15 is 0 Å². The summed E-state index contributed by atoms with van der Waals surface area (Å²) >= 11 is 0. The van der Waals surface area contributed by atoms with Crippen LogP contribution < -0.4 is 24.8 Å². The number of rotatable bonds is 17. The van der Waals surface area contributed by atoms with Crippen molar-refractivity contribution in [3.63, 3.8) is 0 Å². The molecule has 0 bridgehead atoms. The molecule has 0 aliphatic carbocycles. The van der Waals surface area contributed by atoms with E-state index in [4.69, 9.17) is 14.2 Å². The Morgan fingerprint density at radius 3 is 2.21 bits per heavy atom. The van der Waals surface area contributed by atoms with Gasteiger partial charge in [-0.15, -0.1) is 0 Å². The van der Waals surface area contributed by atoms with Crippen molar-refractivity contribution in [1.29, 1.82) is 0 Å². The van der Waals surface area contributed by atoms with Gasteiger partial charge in [-0.3, -0.25) is 14.6 Å². The third kappa shape index (κ3) is 10.1. The van der Waals surface area contributed by atoms with Crippen LogP contribution in [0.4, 0.5) is 5.69 Å². The highest BCUT2D eigenvalue weighted by molar-refractivity contribution is 6.04. The molecule has 5 rings (SSSR count). The molecular weight excluding hydrogens is 664 g/mol. The van der Waals surface area contributed by atoms with Gasteiger partial charge in [0.25, 0.3) is 11.8 Å². The molecule has 0 radical (unpaired) electrons. The molecule has 4 aromatic carbocycles. The molecule has 0 aliphatic rings. The van der Waals surface area contributed by atoms with Crippen LogP contribution in [0.15, 0.2) is 97.2 Å². The van der Waals surface area contributed by atoms with Gasteiger partial charge in [0, 0.05) is 17.7 Å². The van der Waals surface area contributed by atoms with Crippen LogP contribution in [0.5, 0.6) is 17.2 Å². The highest BCUT2D eigenvalue weighted by atomic mass is 16.6. The Balaban J connectivity index is 1.15. The van der Waals surface area contributed by atoms with Crippen molar-refractivity contribution >= 4 is 40.5 Å². The van der Waals surface area contributed by atoms with E-state index in [1.807, 2.05) is 6.07 Å². The topological polar surface area (TPSA) is 166 Å². The number of aromatic nitrogens is 2. The second-order valence-electron chi connectivity index (χ2n) is 12.0. The lowest BCUT2D eigenvalue weighted by molar-refractivity contribution is -0.139. The molecule has 3 N–H and O–H groups in total. The third-order valence-corrected chi connectivity index (χ3v) is 8.17. The summed E-state index contributed by atoms with van der Waals surface area (Å²) in [5.41, 5.74) is 2.83. The minimum atomic E-state index is -1.28. The van der Waals surface area contributed by atoms with Gasteiger partial charge in [-0.25, -0.2) is 14.6 Å². The number of methoxy groups -OCH3 is 1. The second-order valence-corrected chi connectivity index (χ2v) is 12.0. The van der Waals surface area contributed by atoms with Gasteiger partial charge in [0.2, 0.25) is 0 Å². The number of anilines is 1. The van der Waals surface area contributed by atoms with E-state index in [-0.39, 0.29) is 29.2 Å². The first-order valence-electron chi connectivity index (χ1n) is 17.0. The number of carbonyl (C=O) groups excluding carboxylic acids is 3. The van der Waals surface area contributed by atoms with Crippen LogP contribution in [-0.2, 0) is 11.2 Å². The molecule has 0 fully saturated rings. The number of nitrogens with one attached hydrogen (secondary N) is 2. The normalized spacial score (nSPS) is 11.3. The summed E-state index contributed by atoms with van der Waals surface area (Å²) < 4.78 is 16.8. The number of nitrogens with zero attached hydrogens (tertiary/aromatic N) is 2. The van der Waals surface area contributed by atoms with E-state index in [0.29, 0.717) is 40.2 Å². The van der Waals surface area contributed by atoms with Crippen LogP contribution in [0.25, 0.3) is 11.0 Å². The number of esters is 1. The highest BCUT2D eigenvalue weighted by Gasteiger charge is 2.23. The van der Waals surface area contributed by atoms with E-state index in [0.717, 1.165) is 12.8 Å². The van der Waals surface area contributed by atoms with Gasteiger partial charge < -0.3 is 30.0 Å². The minimum Gasteiger partial charge on any atom is -0.494 e. The number of benzene rings is 4. The van der Waals surface area contributed by atoms with Crippen LogP contribution in [0.3, 0.4) is 0 Å². The molecule has 1 aromatic heterocycles. The van der Waals surface area contributed by atoms with E-state index in [1.165, 1.54) is 62.9 Å². The Morgan fingerprint density at radius 1 is 0.788 bits per heavy atom. The molecule has 0 spiro atoms. The molecule has 2 amide bonds. The third-order valence-electron chi connectivity index (χ3n) is 8.17. The number of unbranched alkanes of at least 4 members (excludes halogenated alkanes) is 4. The fraction of sp³-hybridized carbons (Fsp3) is 0.250. The van der Waals surface area contributed by atoms with Gasteiger partial charge in [-0.2, -0.15) is 0 Å². The SMILES string of the molecule is CCCCCCCOc1ccc(C(=O)Oc2ccc(CC(NC(=O)c3ccc(NC(=O)c4cnc5ccccc5n4)cc3)C(=O)O)cc2OC)cc1. The predicted molar refractivity (Wildman–Crippen MR) is 195 cm³/mol. The Bertz CT molecular complexity index is 2020. The molecule has 0 saturated heterocycles. The van der Waals surface area contributed by atoms with E-state index < -0.39 is 29.8 Å². The summed E-state index contributed by atoms with van der Waals surface area (Å²) in [5.74, 6) is -1.89. The summed E-state index contributed by atoms with van der Waals surface area (Å²) in [6.45, 7) is 2.79. The van der Waals surface area contributed by atoms with Gasteiger partial charge in [0.05, 0.1) is 36.5 Å². The smallest absolute Gasteiger partial charge is 0.343 e. The first-order valence-corrected chi connectivity index (χ1v) is 17.0. The summed E-state index contributed by atoms with van der Waals surface area (Å²) in [6.07, 6.45) is 7.00. The molecule has 5 aromatic rings. The molecule has 0 saturated carbocycles. The van der Waals surface area contributed by atoms with Crippen molar-refractivity contribution in [3.8, 4) is 17.2 Å². The molecule has 1 heterocycles. The van der Waals surface area contributed by atoms with Gasteiger partial charge >= 0.3 is 11.9 Å². The molecule has 12 nitrogen and oxygen atoms in total. The summed E-state index contributed by atoms with van der Waals surface area (Å²) in [7, 11) is 1.41. The van der Waals surface area contributed by atoms with Crippen LogP contribution in [0.2, 0.25) is 0 Å². The number of aliphatic carboxylic acids is 1. The number of para-hydroxylation sites is 2. The Hall–Kier alpha value is -6.30. The number of hydrogen-bond acceptors (Lipinski definition) is 9. The molecule has 1 unspecified atom stereocenters. The van der Waals surface area contributed by atoms with Crippen LogP contribution in [-0.4, -0.2) is 58.6 Å². The average Bonchev–Trinajstić information content (AvgIpc) is 3.16. The Morgan fingerprint density at radius 2 is 1.50 bits per heavy atom. The minimum absolute atomic E-state index is 0.0767. The quantitative estimate of drug-likeness (QED) is 0.0527. The standard InChI is InChI=1S/C40H40N4O8/c1-3-4-5-6-9-22-51-30-19-15-28(16-20-30)40(49)52-35-21-12-26(24-36(35)50-2)23-33(39(47)48)44-37(45)27-13-17-29(18-14-27)42-38(46)34-25-41-31-10-7-8-11-32(31)43-34/h7-8,10-21,24-25,33H,3-6,9,22-23H2,1-2H3,(H,42,46)(H,44,45)(H,47,48). The number of carbonyl (C=O) groups is 4. The largest absolute Gasteiger partial charge is 0.494 e. The van der Waals surface area contributed by atoms with Crippen LogP contribution in [0, 0.1) is 0 Å². The van der Waals surface area contributed by atoms with Gasteiger partial charge in [-0.1, -0.05) is 50.8 Å². The zero-order valence-electron chi connectivity index (χ0n) is 29.0. The van der Waals surface area contributed by atoms with Crippen molar-refractivity contribution in [2.45, 2.75) is 51.5 Å².